The summed E-state index contributed by atoms with van der Waals surface area (Å²) in [6.07, 6.45) is 2.19. The number of ether oxygens (including phenoxy) is 2. The molecular weight excluding hydrogens is 380 g/mol. The van der Waals surface area contributed by atoms with Crippen LogP contribution in [0, 0.1) is 0 Å². The molecule has 7 nitrogen and oxygen atoms in total. The molecule has 130 valence electrons. The van der Waals surface area contributed by atoms with E-state index in [-0.39, 0.29) is 6.61 Å². The van der Waals surface area contributed by atoms with E-state index in [0.29, 0.717) is 18.7 Å². The van der Waals surface area contributed by atoms with E-state index in [1.165, 1.54) is 4.90 Å². The number of piperidine rings is 1. The van der Waals surface area contributed by atoms with Crippen LogP contribution >= 0.6 is 15.9 Å². The molecule has 0 saturated carbocycles. The number of amides is 2. The average molecular weight is 399 g/mol. The quantitative estimate of drug-likeness (QED) is 0.726. The molecule has 0 bridgehead atoms. The van der Waals surface area contributed by atoms with Crippen LogP contribution in [0.4, 0.5) is 0 Å². The van der Waals surface area contributed by atoms with Gasteiger partial charge in [0.25, 0.3) is 5.91 Å². The van der Waals surface area contributed by atoms with Crippen molar-refractivity contribution in [3.63, 3.8) is 0 Å². The minimum atomic E-state index is -0.654. The number of halogens is 1. The number of primary amides is 1. The maximum atomic E-state index is 12.1. The zero-order chi connectivity index (χ0) is 17.5. The first kappa shape index (κ1) is 18.3. The molecule has 1 atom stereocenters. The Morgan fingerprint density at radius 2 is 1.88 bits per heavy atom. The standard InChI is InChI=1S/C16H19BrN2O5/c17-11-4-6-12(7-5-11)23-10-15(21)24-9-14(20)19-8-2-1-3-13(19)16(18)22/h4-7,13H,1-3,8-10H2,(H2,18,22)/t13-/m0/s1. The summed E-state index contributed by atoms with van der Waals surface area (Å²) >= 11 is 3.30. The Hall–Kier alpha value is -2.09. The summed E-state index contributed by atoms with van der Waals surface area (Å²) in [7, 11) is 0. The zero-order valence-corrected chi connectivity index (χ0v) is 14.7. The molecule has 1 fully saturated rings. The smallest absolute Gasteiger partial charge is 0.344 e. The van der Waals surface area contributed by atoms with Crippen molar-refractivity contribution in [2.45, 2.75) is 25.3 Å². The van der Waals surface area contributed by atoms with E-state index in [1.807, 2.05) is 0 Å². The number of nitrogens with zero attached hydrogens (tertiary/aromatic N) is 1. The largest absolute Gasteiger partial charge is 0.482 e. The van der Waals surface area contributed by atoms with Gasteiger partial charge >= 0.3 is 5.97 Å². The molecule has 1 aliphatic rings. The van der Waals surface area contributed by atoms with Crippen molar-refractivity contribution >= 4 is 33.7 Å². The first-order chi connectivity index (χ1) is 11.5. The molecule has 2 N–H and O–H groups in total. The lowest BCUT2D eigenvalue weighted by atomic mass is 10.0. The van der Waals surface area contributed by atoms with Gasteiger partial charge in [-0.15, -0.1) is 0 Å². The van der Waals surface area contributed by atoms with Gasteiger partial charge in [-0.05, 0) is 43.5 Å². The maximum absolute atomic E-state index is 12.1. The zero-order valence-electron chi connectivity index (χ0n) is 13.1. The second kappa shape index (κ2) is 8.68. The summed E-state index contributed by atoms with van der Waals surface area (Å²) < 4.78 is 11.1. The molecule has 24 heavy (non-hydrogen) atoms. The van der Waals surface area contributed by atoms with Crippen LogP contribution in [0.2, 0.25) is 0 Å². The van der Waals surface area contributed by atoms with E-state index in [4.69, 9.17) is 15.2 Å². The normalized spacial score (nSPS) is 17.2. The Labute approximate surface area is 148 Å². The molecule has 0 aromatic heterocycles. The molecule has 1 aromatic carbocycles. The summed E-state index contributed by atoms with van der Waals surface area (Å²) in [5, 5.41) is 0. The molecule has 0 radical (unpaired) electrons. The monoisotopic (exact) mass is 398 g/mol. The van der Waals surface area contributed by atoms with Gasteiger partial charge in [-0.1, -0.05) is 15.9 Å². The Morgan fingerprint density at radius 1 is 1.17 bits per heavy atom. The van der Waals surface area contributed by atoms with Crippen molar-refractivity contribution in [2.24, 2.45) is 5.73 Å². The van der Waals surface area contributed by atoms with Crippen LogP contribution < -0.4 is 10.5 Å². The Balaban J connectivity index is 1.77. The van der Waals surface area contributed by atoms with Crippen LogP contribution in [0.3, 0.4) is 0 Å². The highest BCUT2D eigenvalue weighted by atomic mass is 79.9. The van der Waals surface area contributed by atoms with Gasteiger partial charge < -0.3 is 20.1 Å². The number of carbonyl (C=O) groups excluding carboxylic acids is 3. The summed E-state index contributed by atoms with van der Waals surface area (Å²) in [5.74, 6) is -1.09. The summed E-state index contributed by atoms with van der Waals surface area (Å²) in [5.41, 5.74) is 5.31. The van der Waals surface area contributed by atoms with Gasteiger partial charge in [-0.2, -0.15) is 0 Å². The number of likely N-dealkylation sites (tertiary alicyclic amines) is 1. The Kier molecular flexibility index (Phi) is 6.60. The minimum absolute atomic E-state index is 0.297. The van der Waals surface area contributed by atoms with Crippen LogP contribution in [-0.2, 0) is 19.1 Å². The van der Waals surface area contributed by atoms with E-state index in [2.05, 4.69) is 15.9 Å². The van der Waals surface area contributed by atoms with Crippen molar-refractivity contribution in [1.29, 1.82) is 0 Å². The lowest BCUT2D eigenvalue weighted by Crippen LogP contribution is -2.51. The molecule has 2 rings (SSSR count). The Bertz CT molecular complexity index is 605. The van der Waals surface area contributed by atoms with Crippen LogP contribution in [0.15, 0.2) is 28.7 Å². The van der Waals surface area contributed by atoms with E-state index in [9.17, 15) is 14.4 Å². The molecule has 1 heterocycles. The molecule has 8 heteroatoms. The van der Waals surface area contributed by atoms with Gasteiger partial charge in [0.05, 0.1) is 0 Å². The Morgan fingerprint density at radius 3 is 2.54 bits per heavy atom. The summed E-state index contributed by atoms with van der Waals surface area (Å²) in [4.78, 5) is 36.6. The van der Waals surface area contributed by atoms with Crippen LogP contribution in [-0.4, -0.2) is 48.5 Å². The van der Waals surface area contributed by atoms with Gasteiger partial charge in [-0.25, -0.2) is 4.79 Å². The number of hydrogen-bond donors (Lipinski definition) is 1. The van der Waals surface area contributed by atoms with E-state index < -0.39 is 30.4 Å². The third-order valence-electron chi connectivity index (χ3n) is 3.68. The van der Waals surface area contributed by atoms with Crippen molar-refractivity contribution in [3.8, 4) is 5.75 Å². The fraction of sp³-hybridized carbons (Fsp3) is 0.438. The first-order valence-corrected chi connectivity index (χ1v) is 8.39. The molecular formula is C16H19BrN2O5. The fourth-order valence-electron chi connectivity index (χ4n) is 2.47. The number of hydrogen-bond acceptors (Lipinski definition) is 5. The van der Waals surface area contributed by atoms with E-state index in [0.717, 1.165) is 17.3 Å². The number of rotatable bonds is 6. The van der Waals surface area contributed by atoms with Crippen molar-refractivity contribution in [1.82, 2.24) is 4.90 Å². The van der Waals surface area contributed by atoms with Gasteiger partial charge in [0.1, 0.15) is 11.8 Å². The second-order valence-corrected chi connectivity index (χ2v) is 6.32. The highest BCUT2D eigenvalue weighted by Crippen LogP contribution is 2.17. The SMILES string of the molecule is NC(=O)[C@@H]1CCCCN1C(=O)COC(=O)COc1ccc(Br)cc1. The molecule has 1 aliphatic heterocycles. The van der Waals surface area contributed by atoms with Gasteiger partial charge in [0, 0.05) is 11.0 Å². The van der Waals surface area contributed by atoms with E-state index in [1.54, 1.807) is 24.3 Å². The molecule has 0 spiro atoms. The van der Waals surface area contributed by atoms with Crippen LogP contribution in [0.25, 0.3) is 0 Å². The average Bonchev–Trinajstić information content (AvgIpc) is 2.59. The number of nitrogens with two attached hydrogens (primary N) is 1. The third-order valence-corrected chi connectivity index (χ3v) is 4.21. The van der Waals surface area contributed by atoms with Crippen LogP contribution in [0.1, 0.15) is 19.3 Å². The number of esters is 1. The van der Waals surface area contributed by atoms with Crippen molar-refractivity contribution in [2.75, 3.05) is 19.8 Å². The molecule has 1 saturated heterocycles. The second-order valence-electron chi connectivity index (χ2n) is 5.40. The molecule has 0 aliphatic carbocycles. The topological polar surface area (TPSA) is 98.9 Å². The predicted molar refractivity (Wildman–Crippen MR) is 89.1 cm³/mol. The maximum Gasteiger partial charge on any atom is 0.344 e. The van der Waals surface area contributed by atoms with Crippen LogP contribution in [0.5, 0.6) is 5.75 Å². The summed E-state index contributed by atoms with van der Waals surface area (Å²) in [6, 6.07) is 6.35. The van der Waals surface area contributed by atoms with Crippen molar-refractivity contribution < 1.29 is 23.9 Å². The highest BCUT2D eigenvalue weighted by Gasteiger charge is 2.30. The predicted octanol–water partition coefficient (Wildman–Crippen LogP) is 1.24. The lowest BCUT2D eigenvalue weighted by Gasteiger charge is -2.33. The van der Waals surface area contributed by atoms with Gasteiger partial charge in [0.15, 0.2) is 13.2 Å². The summed E-state index contributed by atoms with van der Waals surface area (Å²) in [6.45, 7) is -0.278. The van der Waals surface area contributed by atoms with Gasteiger partial charge in [0.2, 0.25) is 5.91 Å². The molecule has 2 amide bonds. The fourth-order valence-corrected chi connectivity index (χ4v) is 2.73. The van der Waals surface area contributed by atoms with Gasteiger partial charge in [-0.3, -0.25) is 9.59 Å². The van der Waals surface area contributed by atoms with E-state index >= 15 is 0 Å². The first-order valence-electron chi connectivity index (χ1n) is 7.60. The van der Waals surface area contributed by atoms with Crippen molar-refractivity contribution in [3.05, 3.63) is 28.7 Å². The minimum Gasteiger partial charge on any atom is -0.482 e. The molecule has 1 aromatic rings. The third kappa shape index (κ3) is 5.23. The lowest BCUT2D eigenvalue weighted by molar-refractivity contribution is -0.156. The number of carbonyl (C=O) groups is 3. The number of benzene rings is 1. The molecule has 0 unspecified atom stereocenters. The highest BCUT2D eigenvalue weighted by molar-refractivity contribution is 9.10.